The van der Waals surface area contributed by atoms with Gasteiger partial charge in [-0.2, -0.15) is 20.3 Å². The van der Waals surface area contributed by atoms with Crippen LogP contribution in [-0.2, 0) is 4.79 Å². The molecule has 0 bridgehead atoms. The number of anilines is 1. The topological polar surface area (TPSA) is 107 Å². The summed E-state index contributed by atoms with van der Waals surface area (Å²) in [7, 11) is 0. The molecule has 19 heavy (non-hydrogen) atoms. The summed E-state index contributed by atoms with van der Waals surface area (Å²) in [4.78, 5) is 15.5. The van der Waals surface area contributed by atoms with Gasteiger partial charge in [-0.1, -0.05) is 6.07 Å². The van der Waals surface area contributed by atoms with Gasteiger partial charge in [-0.05, 0) is 12.1 Å². The molecular formula is C12H8N6O. The Morgan fingerprint density at radius 1 is 1.42 bits per heavy atom. The number of pyridine rings is 1. The second-order valence-corrected chi connectivity index (χ2v) is 3.50. The molecule has 7 heteroatoms. The first-order chi connectivity index (χ1) is 9.26. The van der Waals surface area contributed by atoms with E-state index in [-0.39, 0.29) is 17.8 Å². The summed E-state index contributed by atoms with van der Waals surface area (Å²) in [6, 6.07) is 8.85. The predicted octanol–water partition coefficient (Wildman–Crippen LogP) is 0.991. The summed E-state index contributed by atoms with van der Waals surface area (Å²) in [5.41, 5.74) is 0.206. The standard InChI is InChI=1S/C12H8N6O/c13-5-4-11(19)17-12-9(7-14)8-16-18(12)10-3-1-2-6-15-10/h1-3,6,8H,4H2,(H,17,19). The van der Waals surface area contributed by atoms with Crippen LogP contribution in [0.5, 0.6) is 0 Å². The van der Waals surface area contributed by atoms with Crippen LogP contribution in [-0.4, -0.2) is 20.7 Å². The third kappa shape index (κ3) is 2.56. The van der Waals surface area contributed by atoms with Crippen LogP contribution in [0, 0.1) is 22.7 Å². The predicted molar refractivity (Wildman–Crippen MR) is 64.9 cm³/mol. The molecule has 2 aromatic heterocycles. The van der Waals surface area contributed by atoms with E-state index in [1.807, 2.05) is 6.07 Å². The van der Waals surface area contributed by atoms with Gasteiger partial charge in [0.15, 0.2) is 11.6 Å². The molecule has 0 radical (unpaired) electrons. The number of rotatable bonds is 3. The molecule has 92 valence electrons. The maximum absolute atomic E-state index is 11.5. The SMILES string of the molecule is N#CCC(=O)Nc1c(C#N)cnn1-c1ccccn1. The number of nitrogens with zero attached hydrogens (tertiary/aromatic N) is 5. The Morgan fingerprint density at radius 3 is 2.89 bits per heavy atom. The lowest BCUT2D eigenvalue weighted by Gasteiger charge is -2.07. The average Bonchev–Trinajstić information content (AvgIpc) is 2.82. The summed E-state index contributed by atoms with van der Waals surface area (Å²) < 4.78 is 1.34. The zero-order valence-corrected chi connectivity index (χ0v) is 9.74. The van der Waals surface area contributed by atoms with E-state index in [0.29, 0.717) is 5.82 Å². The summed E-state index contributed by atoms with van der Waals surface area (Å²) in [6.07, 6.45) is 2.61. The third-order valence-corrected chi connectivity index (χ3v) is 2.25. The van der Waals surface area contributed by atoms with Crippen LogP contribution in [0.1, 0.15) is 12.0 Å². The highest BCUT2D eigenvalue weighted by Gasteiger charge is 2.15. The third-order valence-electron chi connectivity index (χ3n) is 2.25. The minimum Gasteiger partial charge on any atom is -0.309 e. The number of nitriles is 2. The van der Waals surface area contributed by atoms with Gasteiger partial charge in [-0.15, -0.1) is 0 Å². The molecule has 0 saturated heterocycles. The molecule has 0 unspecified atom stereocenters. The number of carbonyl (C=O) groups is 1. The van der Waals surface area contributed by atoms with Crippen molar-refractivity contribution in [1.82, 2.24) is 14.8 Å². The molecule has 2 aromatic rings. The number of hydrogen-bond donors (Lipinski definition) is 1. The molecule has 0 aromatic carbocycles. The number of nitrogens with one attached hydrogen (secondary N) is 1. The Kier molecular flexibility index (Phi) is 3.51. The van der Waals surface area contributed by atoms with Crippen molar-refractivity contribution in [3.63, 3.8) is 0 Å². The highest BCUT2D eigenvalue weighted by molar-refractivity contribution is 5.92. The van der Waals surface area contributed by atoms with Crippen molar-refractivity contribution in [3.05, 3.63) is 36.2 Å². The molecule has 0 saturated carbocycles. The van der Waals surface area contributed by atoms with Gasteiger partial charge < -0.3 is 5.32 Å². The molecule has 0 aliphatic carbocycles. The molecule has 1 N–H and O–H groups in total. The highest BCUT2D eigenvalue weighted by Crippen LogP contribution is 2.18. The van der Waals surface area contributed by atoms with Crippen LogP contribution in [0.4, 0.5) is 5.82 Å². The minimum atomic E-state index is -0.503. The molecule has 0 aliphatic heterocycles. The Hall–Kier alpha value is -3.19. The second kappa shape index (κ2) is 5.43. The van der Waals surface area contributed by atoms with E-state index < -0.39 is 5.91 Å². The quantitative estimate of drug-likeness (QED) is 0.876. The average molecular weight is 252 g/mol. The number of carbonyl (C=O) groups excluding carboxylic acids is 1. The smallest absolute Gasteiger partial charge is 0.239 e. The second-order valence-electron chi connectivity index (χ2n) is 3.50. The van der Waals surface area contributed by atoms with Crippen LogP contribution < -0.4 is 5.32 Å². The van der Waals surface area contributed by atoms with E-state index in [9.17, 15) is 4.79 Å². The Bertz CT molecular complexity index is 676. The van der Waals surface area contributed by atoms with Gasteiger partial charge in [0, 0.05) is 6.20 Å². The fourth-order valence-corrected chi connectivity index (χ4v) is 1.45. The van der Waals surface area contributed by atoms with Crippen LogP contribution in [0.3, 0.4) is 0 Å². The van der Waals surface area contributed by atoms with Gasteiger partial charge >= 0.3 is 0 Å². The molecule has 0 atom stereocenters. The fourth-order valence-electron chi connectivity index (χ4n) is 1.45. The lowest BCUT2D eigenvalue weighted by Crippen LogP contribution is -2.15. The van der Waals surface area contributed by atoms with E-state index in [2.05, 4.69) is 15.4 Å². The summed E-state index contributed by atoms with van der Waals surface area (Å²) >= 11 is 0. The molecule has 1 amide bonds. The summed E-state index contributed by atoms with van der Waals surface area (Å²) in [6.45, 7) is 0. The minimum absolute atomic E-state index is 0.206. The van der Waals surface area contributed by atoms with Crippen molar-refractivity contribution in [2.75, 3.05) is 5.32 Å². The Labute approximate surface area is 108 Å². The summed E-state index contributed by atoms with van der Waals surface area (Å²) in [5.74, 6) is 0.175. The maximum Gasteiger partial charge on any atom is 0.239 e. The molecular weight excluding hydrogens is 244 g/mol. The monoisotopic (exact) mass is 252 g/mol. The van der Waals surface area contributed by atoms with E-state index in [4.69, 9.17) is 10.5 Å². The Morgan fingerprint density at radius 2 is 2.26 bits per heavy atom. The van der Waals surface area contributed by atoms with Crippen LogP contribution in [0.15, 0.2) is 30.6 Å². The molecule has 0 fully saturated rings. The van der Waals surface area contributed by atoms with E-state index in [1.165, 1.54) is 10.9 Å². The van der Waals surface area contributed by atoms with Crippen molar-refractivity contribution in [1.29, 1.82) is 10.5 Å². The van der Waals surface area contributed by atoms with Crippen molar-refractivity contribution < 1.29 is 4.79 Å². The zero-order valence-electron chi connectivity index (χ0n) is 9.74. The lowest BCUT2D eigenvalue weighted by atomic mass is 10.3. The first-order valence-corrected chi connectivity index (χ1v) is 5.32. The van der Waals surface area contributed by atoms with Crippen LogP contribution in [0.2, 0.25) is 0 Å². The maximum atomic E-state index is 11.5. The molecule has 2 heterocycles. The Balaban J connectivity index is 2.42. The zero-order chi connectivity index (χ0) is 13.7. The molecule has 0 aliphatic rings. The largest absolute Gasteiger partial charge is 0.309 e. The van der Waals surface area contributed by atoms with Crippen molar-refractivity contribution in [3.8, 4) is 18.0 Å². The van der Waals surface area contributed by atoms with Gasteiger partial charge in [0.1, 0.15) is 18.1 Å². The first-order valence-electron chi connectivity index (χ1n) is 5.32. The van der Waals surface area contributed by atoms with E-state index in [0.717, 1.165) is 0 Å². The van der Waals surface area contributed by atoms with Crippen LogP contribution >= 0.6 is 0 Å². The van der Waals surface area contributed by atoms with Gasteiger partial charge in [0.25, 0.3) is 0 Å². The first kappa shape index (κ1) is 12.3. The molecule has 7 nitrogen and oxygen atoms in total. The van der Waals surface area contributed by atoms with Gasteiger partial charge in [-0.25, -0.2) is 4.98 Å². The highest BCUT2D eigenvalue weighted by atomic mass is 16.1. The number of aromatic nitrogens is 3. The van der Waals surface area contributed by atoms with Gasteiger partial charge in [0.2, 0.25) is 5.91 Å². The van der Waals surface area contributed by atoms with Crippen LogP contribution in [0.25, 0.3) is 5.82 Å². The van der Waals surface area contributed by atoms with Gasteiger partial charge in [-0.3, -0.25) is 4.79 Å². The number of hydrogen-bond acceptors (Lipinski definition) is 5. The van der Waals surface area contributed by atoms with E-state index >= 15 is 0 Å². The lowest BCUT2D eigenvalue weighted by molar-refractivity contribution is -0.115. The number of amides is 1. The molecule has 2 rings (SSSR count). The van der Waals surface area contributed by atoms with Crippen molar-refractivity contribution >= 4 is 11.7 Å². The van der Waals surface area contributed by atoms with Crippen molar-refractivity contribution in [2.45, 2.75) is 6.42 Å². The van der Waals surface area contributed by atoms with Gasteiger partial charge in [0.05, 0.1) is 12.3 Å². The van der Waals surface area contributed by atoms with E-state index in [1.54, 1.807) is 30.5 Å². The van der Waals surface area contributed by atoms with Crippen molar-refractivity contribution in [2.24, 2.45) is 0 Å². The normalized spacial score (nSPS) is 9.37. The summed E-state index contributed by atoms with van der Waals surface area (Å²) in [5, 5.41) is 23.9. The molecule has 0 spiro atoms. The fraction of sp³-hybridized carbons (Fsp3) is 0.0833.